The highest BCUT2D eigenvalue weighted by Gasteiger charge is 2.47. The van der Waals surface area contributed by atoms with E-state index in [9.17, 15) is 0 Å². The first kappa shape index (κ1) is 23.4. The molecule has 0 aliphatic carbocycles. The summed E-state index contributed by atoms with van der Waals surface area (Å²) in [7, 11) is 0. The van der Waals surface area contributed by atoms with Crippen molar-refractivity contribution in [3.63, 3.8) is 0 Å². The molecule has 32 heavy (non-hydrogen) atoms. The van der Waals surface area contributed by atoms with Crippen LogP contribution in [-0.4, -0.2) is 49.8 Å². The van der Waals surface area contributed by atoms with Crippen LogP contribution in [0.15, 0.2) is 60.7 Å². The molecule has 2 unspecified atom stereocenters. The number of benzene rings is 2. The summed E-state index contributed by atoms with van der Waals surface area (Å²) in [6.45, 7) is 8.88. The second kappa shape index (κ2) is 10.9. The molecule has 2 saturated heterocycles. The molecule has 2 heterocycles. The first-order chi connectivity index (χ1) is 15.5. The molecule has 0 aromatic heterocycles. The summed E-state index contributed by atoms with van der Waals surface area (Å²) in [5, 5.41) is 0. The largest absolute Gasteiger partial charge is 0.370 e. The molecular formula is C26H34O6. The van der Waals surface area contributed by atoms with E-state index in [1.807, 2.05) is 88.4 Å². The lowest BCUT2D eigenvalue weighted by molar-refractivity contribution is -0.344. The Labute approximate surface area is 190 Å². The van der Waals surface area contributed by atoms with Crippen LogP contribution in [0.25, 0.3) is 0 Å². The topological polar surface area (TPSA) is 55.4 Å². The minimum Gasteiger partial charge on any atom is -0.370 e. The Kier molecular flexibility index (Phi) is 7.94. The molecule has 6 heteroatoms. The number of hydrogen-bond acceptors (Lipinski definition) is 6. The Hall–Kier alpha value is -1.80. The second-order valence-electron chi connectivity index (χ2n) is 8.80. The van der Waals surface area contributed by atoms with Gasteiger partial charge < -0.3 is 28.4 Å². The summed E-state index contributed by atoms with van der Waals surface area (Å²) >= 11 is 0. The Morgan fingerprint density at radius 3 is 1.34 bits per heavy atom. The van der Waals surface area contributed by atoms with Gasteiger partial charge in [-0.3, -0.25) is 0 Å². The molecule has 6 nitrogen and oxygen atoms in total. The van der Waals surface area contributed by atoms with Crippen molar-refractivity contribution in [2.75, 3.05) is 13.2 Å². The third-order valence-electron chi connectivity index (χ3n) is 5.48. The van der Waals surface area contributed by atoms with Crippen molar-refractivity contribution in [2.45, 2.75) is 76.9 Å². The Morgan fingerprint density at radius 2 is 1.00 bits per heavy atom. The fourth-order valence-electron chi connectivity index (χ4n) is 4.17. The molecule has 2 aromatic carbocycles. The monoisotopic (exact) mass is 442 g/mol. The van der Waals surface area contributed by atoms with E-state index >= 15 is 0 Å². The Balaban J connectivity index is 1.61. The third kappa shape index (κ3) is 5.76. The van der Waals surface area contributed by atoms with Crippen molar-refractivity contribution in [1.82, 2.24) is 0 Å². The SMILES string of the molecule is CC(C)O[C@@H]1COC(c2ccccc2)O[C@H]1[C@@H]1OC(c2ccccc2)OC[C@H]1OC(C)C. The summed E-state index contributed by atoms with van der Waals surface area (Å²) in [5.74, 6) is 0. The maximum Gasteiger partial charge on any atom is 0.184 e. The first-order valence-electron chi connectivity index (χ1n) is 11.5. The molecule has 0 N–H and O–H groups in total. The van der Waals surface area contributed by atoms with E-state index in [4.69, 9.17) is 28.4 Å². The predicted molar refractivity (Wildman–Crippen MR) is 120 cm³/mol. The standard InChI is InChI=1S/C26H34O6/c1-17(2)29-21-15-27-25(19-11-7-5-8-12-19)31-23(21)24-22(30-18(3)4)16-28-26(32-24)20-13-9-6-10-14-20/h5-14,17-18,21-26H,15-16H2,1-4H3/t21-,22-,23-,24-,25?,26?/m1/s1. The molecule has 0 bridgehead atoms. The molecule has 2 aliphatic rings. The van der Waals surface area contributed by atoms with E-state index in [2.05, 4.69) is 0 Å². The maximum absolute atomic E-state index is 6.51. The maximum atomic E-state index is 6.51. The van der Waals surface area contributed by atoms with E-state index in [0.29, 0.717) is 13.2 Å². The van der Waals surface area contributed by atoms with Gasteiger partial charge in [0, 0.05) is 11.1 Å². The summed E-state index contributed by atoms with van der Waals surface area (Å²) in [6.07, 6.45) is -2.26. The Morgan fingerprint density at radius 1 is 0.625 bits per heavy atom. The van der Waals surface area contributed by atoms with Crippen LogP contribution in [-0.2, 0) is 28.4 Å². The van der Waals surface area contributed by atoms with Gasteiger partial charge in [0.2, 0.25) is 0 Å². The normalized spacial score (nSPS) is 31.2. The quantitative estimate of drug-likeness (QED) is 0.614. The average molecular weight is 443 g/mol. The fraction of sp³-hybridized carbons (Fsp3) is 0.538. The van der Waals surface area contributed by atoms with Crippen molar-refractivity contribution in [1.29, 1.82) is 0 Å². The van der Waals surface area contributed by atoms with Gasteiger partial charge in [-0.15, -0.1) is 0 Å². The van der Waals surface area contributed by atoms with Crippen LogP contribution in [0.5, 0.6) is 0 Å². The van der Waals surface area contributed by atoms with Gasteiger partial charge in [0.25, 0.3) is 0 Å². The lowest BCUT2D eigenvalue weighted by atomic mass is 9.99. The lowest BCUT2D eigenvalue weighted by Crippen LogP contribution is -2.58. The van der Waals surface area contributed by atoms with Gasteiger partial charge in [-0.05, 0) is 27.7 Å². The van der Waals surface area contributed by atoms with Crippen LogP contribution in [0.2, 0.25) is 0 Å². The average Bonchev–Trinajstić information content (AvgIpc) is 2.80. The van der Waals surface area contributed by atoms with E-state index in [-0.39, 0.29) is 36.6 Å². The summed E-state index contributed by atoms with van der Waals surface area (Å²) < 4.78 is 37.5. The van der Waals surface area contributed by atoms with E-state index in [0.717, 1.165) is 11.1 Å². The zero-order chi connectivity index (χ0) is 22.5. The van der Waals surface area contributed by atoms with Crippen molar-refractivity contribution in [3.8, 4) is 0 Å². The van der Waals surface area contributed by atoms with Gasteiger partial charge in [0.1, 0.15) is 24.4 Å². The molecule has 2 aromatic rings. The predicted octanol–water partition coefficient (Wildman–Crippen LogP) is 4.80. The van der Waals surface area contributed by atoms with Crippen molar-refractivity contribution in [2.24, 2.45) is 0 Å². The number of ether oxygens (including phenoxy) is 6. The molecule has 6 atom stereocenters. The minimum atomic E-state index is -0.491. The van der Waals surface area contributed by atoms with E-state index in [1.165, 1.54) is 0 Å². The smallest absolute Gasteiger partial charge is 0.184 e. The van der Waals surface area contributed by atoms with Crippen LogP contribution < -0.4 is 0 Å². The summed E-state index contributed by atoms with van der Waals surface area (Å²) in [5.41, 5.74) is 1.93. The molecule has 2 aliphatic heterocycles. The van der Waals surface area contributed by atoms with Gasteiger partial charge in [0.05, 0.1) is 25.4 Å². The van der Waals surface area contributed by atoms with Gasteiger partial charge in [0.15, 0.2) is 12.6 Å². The van der Waals surface area contributed by atoms with E-state index < -0.39 is 12.6 Å². The molecule has 0 saturated carbocycles. The van der Waals surface area contributed by atoms with Crippen LogP contribution >= 0.6 is 0 Å². The highest BCUT2D eigenvalue weighted by molar-refractivity contribution is 5.18. The van der Waals surface area contributed by atoms with Gasteiger partial charge in [-0.25, -0.2) is 0 Å². The van der Waals surface area contributed by atoms with Crippen molar-refractivity contribution in [3.05, 3.63) is 71.8 Å². The molecule has 174 valence electrons. The number of rotatable bonds is 7. The Bertz CT molecular complexity index is 742. The first-order valence-corrected chi connectivity index (χ1v) is 11.5. The molecule has 2 fully saturated rings. The minimum absolute atomic E-state index is 0.0252. The highest BCUT2D eigenvalue weighted by Crippen LogP contribution is 2.37. The molecule has 4 rings (SSSR count). The zero-order valence-electron chi connectivity index (χ0n) is 19.3. The van der Waals surface area contributed by atoms with Crippen LogP contribution in [0.3, 0.4) is 0 Å². The molecule has 0 amide bonds. The zero-order valence-corrected chi connectivity index (χ0v) is 19.3. The van der Waals surface area contributed by atoms with Crippen molar-refractivity contribution < 1.29 is 28.4 Å². The number of hydrogen-bond donors (Lipinski definition) is 0. The van der Waals surface area contributed by atoms with Gasteiger partial charge in [-0.1, -0.05) is 60.7 Å². The summed E-state index contributed by atoms with van der Waals surface area (Å²) in [4.78, 5) is 0. The van der Waals surface area contributed by atoms with Crippen LogP contribution in [0.4, 0.5) is 0 Å². The third-order valence-corrected chi connectivity index (χ3v) is 5.48. The van der Waals surface area contributed by atoms with Gasteiger partial charge >= 0.3 is 0 Å². The molecule has 0 radical (unpaired) electrons. The van der Waals surface area contributed by atoms with Gasteiger partial charge in [-0.2, -0.15) is 0 Å². The second-order valence-corrected chi connectivity index (χ2v) is 8.80. The van der Waals surface area contributed by atoms with E-state index in [1.54, 1.807) is 0 Å². The van der Waals surface area contributed by atoms with Crippen LogP contribution in [0.1, 0.15) is 51.4 Å². The lowest BCUT2D eigenvalue weighted by Gasteiger charge is -2.46. The summed E-state index contributed by atoms with van der Waals surface area (Å²) in [6, 6.07) is 19.9. The van der Waals surface area contributed by atoms with Crippen molar-refractivity contribution >= 4 is 0 Å². The molecule has 0 spiro atoms. The molecular weight excluding hydrogens is 408 g/mol. The fourth-order valence-corrected chi connectivity index (χ4v) is 4.17. The van der Waals surface area contributed by atoms with Crippen LogP contribution in [0, 0.1) is 0 Å². The highest BCUT2D eigenvalue weighted by atomic mass is 16.7.